The van der Waals surface area contributed by atoms with Gasteiger partial charge in [0.15, 0.2) is 5.96 Å². The van der Waals surface area contributed by atoms with E-state index < -0.39 is 0 Å². The quantitative estimate of drug-likeness (QED) is 0.252. The number of ether oxygens (including phenoxy) is 1. The first-order chi connectivity index (χ1) is 11.1. The van der Waals surface area contributed by atoms with Crippen molar-refractivity contribution in [1.82, 2.24) is 15.6 Å². The summed E-state index contributed by atoms with van der Waals surface area (Å²) in [6, 6.07) is 3.80. The Bertz CT molecular complexity index is 468. The summed E-state index contributed by atoms with van der Waals surface area (Å²) in [5.74, 6) is 1.33. The Kier molecular flexibility index (Phi) is 13.3. The van der Waals surface area contributed by atoms with E-state index in [1.54, 1.807) is 13.2 Å². The third-order valence-electron chi connectivity index (χ3n) is 3.56. The number of nitrogens with one attached hydrogen (secondary N) is 2. The molecule has 0 radical (unpaired) electrons. The topological polar surface area (TPSA) is 58.5 Å². The molecule has 0 spiro atoms. The van der Waals surface area contributed by atoms with E-state index in [1.807, 2.05) is 19.1 Å². The second-order valence-corrected chi connectivity index (χ2v) is 6.08. The SMILES string of the molecule is CCOC(CCNC(=NC)NCCc1ccc(Cl)nc1)C(C)C.I. The standard InChI is InChI=1S/C17H29ClN4O.HI/c1-5-23-15(13(2)3)9-11-21-17(19-4)20-10-8-14-6-7-16(18)22-12-14;/h6-7,12-13,15H,5,8-11H2,1-4H3,(H2,19,20,21);1H. The summed E-state index contributed by atoms with van der Waals surface area (Å²) >= 11 is 5.78. The van der Waals surface area contributed by atoms with Crippen LogP contribution in [0.4, 0.5) is 0 Å². The van der Waals surface area contributed by atoms with Gasteiger partial charge in [0.25, 0.3) is 0 Å². The summed E-state index contributed by atoms with van der Waals surface area (Å²) in [5.41, 5.74) is 1.15. The van der Waals surface area contributed by atoms with Crippen molar-refractivity contribution in [3.05, 3.63) is 29.0 Å². The maximum Gasteiger partial charge on any atom is 0.190 e. The largest absolute Gasteiger partial charge is 0.378 e. The number of halogens is 2. The van der Waals surface area contributed by atoms with Crippen molar-refractivity contribution in [3.8, 4) is 0 Å². The van der Waals surface area contributed by atoms with Gasteiger partial charge in [-0.05, 0) is 37.3 Å². The maximum absolute atomic E-state index is 5.78. The van der Waals surface area contributed by atoms with E-state index in [2.05, 4.69) is 34.5 Å². The molecule has 1 rings (SSSR count). The van der Waals surface area contributed by atoms with Crippen LogP contribution in [0.15, 0.2) is 23.3 Å². The van der Waals surface area contributed by atoms with Crippen molar-refractivity contribution in [2.75, 3.05) is 26.7 Å². The number of nitrogens with zero attached hydrogens (tertiary/aromatic N) is 2. The van der Waals surface area contributed by atoms with Gasteiger partial charge in [-0.3, -0.25) is 4.99 Å². The molecular weight excluding hydrogens is 439 g/mol. The zero-order valence-corrected chi connectivity index (χ0v) is 18.1. The van der Waals surface area contributed by atoms with Gasteiger partial charge < -0.3 is 15.4 Å². The molecule has 138 valence electrons. The third kappa shape index (κ3) is 9.64. The van der Waals surface area contributed by atoms with Gasteiger partial charge in [-0.15, -0.1) is 24.0 Å². The highest BCUT2D eigenvalue weighted by Gasteiger charge is 2.12. The second-order valence-electron chi connectivity index (χ2n) is 5.69. The molecular formula is C17H30ClIN4O. The molecule has 0 fully saturated rings. The molecule has 1 heterocycles. The summed E-state index contributed by atoms with van der Waals surface area (Å²) in [5, 5.41) is 7.16. The molecule has 7 heteroatoms. The Labute approximate surface area is 168 Å². The molecule has 0 aromatic carbocycles. The molecule has 1 unspecified atom stereocenters. The minimum Gasteiger partial charge on any atom is -0.378 e. The van der Waals surface area contributed by atoms with E-state index in [1.165, 1.54) is 0 Å². The highest BCUT2D eigenvalue weighted by molar-refractivity contribution is 14.0. The van der Waals surface area contributed by atoms with Gasteiger partial charge in [-0.2, -0.15) is 0 Å². The Morgan fingerprint density at radius 3 is 2.54 bits per heavy atom. The molecule has 0 aliphatic rings. The van der Waals surface area contributed by atoms with E-state index in [9.17, 15) is 0 Å². The van der Waals surface area contributed by atoms with Crippen molar-refractivity contribution < 1.29 is 4.74 Å². The molecule has 0 amide bonds. The minimum atomic E-state index is 0. The van der Waals surface area contributed by atoms with Crippen molar-refractivity contribution in [2.24, 2.45) is 10.9 Å². The van der Waals surface area contributed by atoms with Crippen molar-refractivity contribution in [2.45, 2.75) is 39.7 Å². The van der Waals surface area contributed by atoms with E-state index in [4.69, 9.17) is 16.3 Å². The van der Waals surface area contributed by atoms with Crippen molar-refractivity contribution >= 4 is 41.5 Å². The Morgan fingerprint density at radius 1 is 1.29 bits per heavy atom. The number of aliphatic imine (C=N–C) groups is 1. The Morgan fingerprint density at radius 2 is 2.00 bits per heavy atom. The van der Waals surface area contributed by atoms with Crippen LogP contribution in [0.2, 0.25) is 5.15 Å². The number of hydrogen-bond donors (Lipinski definition) is 2. The average molecular weight is 469 g/mol. The van der Waals surface area contributed by atoms with Gasteiger partial charge in [0.1, 0.15) is 5.15 Å². The van der Waals surface area contributed by atoms with Crippen LogP contribution in [0.25, 0.3) is 0 Å². The third-order valence-corrected chi connectivity index (χ3v) is 3.79. The van der Waals surface area contributed by atoms with E-state index in [0.717, 1.165) is 44.1 Å². The van der Waals surface area contributed by atoms with E-state index in [-0.39, 0.29) is 30.1 Å². The lowest BCUT2D eigenvalue weighted by molar-refractivity contribution is 0.0258. The summed E-state index contributed by atoms with van der Waals surface area (Å²) < 4.78 is 5.75. The predicted octanol–water partition coefficient (Wildman–Crippen LogP) is 3.51. The number of hydrogen-bond acceptors (Lipinski definition) is 3. The minimum absolute atomic E-state index is 0. The molecule has 0 bridgehead atoms. The van der Waals surface area contributed by atoms with Gasteiger partial charge in [0.2, 0.25) is 0 Å². The molecule has 1 aromatic heterocycles. The fourth-order valence-corrected chi connectivity index (χ4v) is 2.37. The highest BCUT2D eigenvalue weighted by atomic mass is 127. The maximum atomic E-state index is 5.78. The second kappa shape index (κ2) is 13.7. The van der Waals surface area contributed by atoms with Crippen LogP contribution in [-0.4, -0.2) is 43.8 Å². The number of pyridine rings is 1. The molecule has 0 aliphatic heterocycles. The number of rotatable bonds is 9. The molecule has 1 aromatic rings. The van der Waals surface area contributed by atoms with E-state index in [0.29, 0.717) is 11.1 Å². The van der Waals surface area contributed by atoms with Crippen LogP contribution in [0, 0.1) is 5.92 Å². The van der Waals surface area contributed by atoms with Gasteiger partial charge in [0.05, 0.1) is 6.10 Å². The van der Waals surface area contributed by atoms with E-state index >= 15 is 0 Å². The zero-order chi connectivity index (χ0) is 17.1. The fourth-order valence-electron chi connectivity index (χ4n) is 2.26. The van der Waals surface area contributed by atoms with Crippen LogP contribution in [0.3, 0.4) is 0 Å². The summed E-state index contributed by atoms with van der Waals surface area (Å²) in [6.07, 6.45) is 3.92. The smallest absolute Gasteiger partial charge is 0.190 e. The average Bonchev–Trinajstić information content (AvgIpc) is 2.54. The van der Waals surface area contributed by atoms with Crippen LogP contribution in [-0.2, 0) is 11.2 Å². The highest BCUT2D eigenvalue weighted by Crippen LogP contribution is 2.09. The molecule has 24 heavy (non-hydrogen) atoms. The van der Waals surface area contributed by atoms with Crippen LogP contribution >= 0.6 is 35.6 Å². The lowest BCUT2D eigenvalue weighted by atomic mass is 10.0. The van der Waals surface area contributed by atoms with Crippen molar-refractivity contribution in [1.29, 1.82) is 0 Å². The number of guanidine groups is 1. The van der Waals surface area contributed by atoms with Gasteiger partial charge in [-0.1, -0.05) is 31.5 Å². The van der Waals surface area contributed by atoms with Gasteiger partial charge in [0, 0.05) is 32.9 Å². The predicted molar refractivity (Wildman–Crippen MR) is 113 cm³/mol. The molecule has 0 saturated carbocycles. The molecule has 2 N–H and O–H groups in total. The molecule has 5 nitrogen and oxygen atoms in total. The first-order valence-electron chi connectivity index (χ1n) is 8.23. The normalized spacial score (nSPS) is 12.7. The van der Waals surface area contributed by atoms with Gasteiger partial charge >= 0.3 is 0 Å². The first kappa shape index (κ1) is 23.4. The first-order valence-corrected chi connectivity index (χ1v) is 8.61. The van der Waals surface area contributed by atoms with Crippen LogP contribution < -0.4 is 10.6 Å². The van der Waals surface area contributed by atoms with Gasteiger partial charge in [-0.25, -0.2) is 4.98 Å². The molecule has 0 saturated heterocycles. The Hall–Kier alpha value is -0.600. The molecule has 1 atom stereocenters. The summed E-state index contributed by atoms with van der Waals surface area (Å²) in [6.45, 7) is 8.80. The molecule has 0 aliphatic carbocycles. The lowest BCUT2D eigenvalue weighted by Gasteiger charge is -2.21. The lowest BCUT2D eigenvalue weighted by Crippen LogP contribution is -2.40. The monoisotopic (exact) mass is 468 g/mol. The van der Waals surface area contributed by atoms with Crippen molar-refractivity contribution in [3.63, 3.8) is 0 Å². The zero-order valence-electron chi connectivity index (χ0n) is 15.0. The number of aromatic nitrogens is 1. The van der Waals surface area contributed by atoms with Crippen LogP contribution in [0.5, 0.6) is 0 Å². The fraction of sp³-hybridized carbons (Fsp3) is 0.647. The Balaban J connectivity index is 0.00000529. The summed E-state index contributed by atoms with van der Waals surface area (Å²) in [7, 11) is 1.78. The summed E-state index contributed by atoms with van der Waals surface area (Å²) in [4.78, 5) is 8.32. The van der Waals surface area contributed by atoms with Crippen LogP contribution in [0.1, 0.15) is 32.8 Å².